The Hall–Kier alpha value is -0.800. The lowest BCUT2D eigenvalue weighted by Crippen LogP contribution is -2.19. The number of fused-ring (bicyclic) bond motifs is 1. The smallest absolute Gasteiger partial charge is 0.0601 e. The molecule has 0 saturated heterocycles. The number of para-hydroxylation sites is 1. The van der Waals surface area contributed by atoms with Crippen LogP contribution in [0.25, 0.3) is 10.9 Å². The number of benzene rings is 1. The molecule has 2 N–H and O–H groups in total. The van der Waals surface area contributed by atoms with Crippen LogP contribution in [0, 0.1) is 0 Å². The van der Waals surface area contributed by atoms with Crippen LogP contribution in [0.4, 0.5) is 0 Å². The molecular weight excluding hydrogens is 264 g/mol. The van der Waals surface area contributed by atoms with Crippen molar-refractivity contribution in [3.05, 3.63) is 34.4 Å². The maximum atomic E-state index is 3.56. The van der Waals surface area contributed by atoms with E-state index in [0.29, 0.717) is 0 Å². The van der Waals surface area contributed by atoms with Gasteiger partial charge in [0.05, 0.1) is 5.52 Å². The lowest BCUT2D eigenvalue weighted by Gasteiger charge is -2.01. The highest BCUT2D eigenvalue weighted by Gasteiger charge is 2.19. The fourth-order valence-electron chi connectivity index (χ4n) is 2.08. The van der Waals surface area contributed by atoms with Crippen LogP contribution in [0.3, 0.4) is 0 Å². The molecule has 0 amide bonds. The summed E-state index contributed by atoms with van der Waals surface area (Å²) < 4.78 is 1.14. The van der Waals surface area contributed by atoms with Crippen LogP contribution in [-0.4, -0.2) is 17.6 Å². The molecule has 0 bridgehead atoms. The lowest BCUT2D eigenvalue weighted by atomic mass is 10.1. The number of H-pyrrole nitrogens is 1. The van der Waals surface area contributed by atoms with E-state index in [9.17, 15) is 0 Å². The summed E-state index contributed by atoms with van der Waals surface area (Å²) in [6, 6.07) is 7.16. The second kappa shape index (κ2) is 4.22. The highest BCUT2D eigenvalue weighted by molar-refractivity contribution is 9.10. The van der Waals surface area contributed by atoms with Gasteiger partial charge in [-0.1, -0.05) is 12.1 Å². The molecule has 1 fully saturated rings. The summed E-state index contributed by atoms with van der Waals surface area (Å²) in [5.74, 6) is 0. The van der Waals surface area contributed by atoms with E-state index in [2.05, 4.69) is 50.6 Å². The highest BCUT2D eigenvalue weighted by Crippen LogP contribution is 2.26. The van der Waals surface area contributed by atoms with Gasteiger partial charge in [-0.25, -0.2) is 0 Å². The van der Waals surface area contributed by atoms with Crippen LogP contribution in [0.1, 0.15) is 18.4 Å². The highest BCUT2D eigenvalue weighted by atomic mass is 79.9. The van der Waals surface area contributed by atoms with E-state index in [4.69, 9.17) is 0 Å². The minimum atomic E-state index is 0.803. The molecule has 1 aliphatic rings. The van der Waals surface area contributed by atoms with E-state index in [0.717, 1.165) is 23.5 Å². The van der Waals surface area contributed by atoms with Crippen molar-refractivity contribution >= 4 is 26.8 Å². The third-order valence-corrected chi connectivity index (χ3v) is 3.82. The van der Waals surface area contributed by atoms with Crippen LogP contribution in [0.5, 0.6) is 0 Å². The average molecular weight is 279 g/mol. The number of aromatic amines is 1. The molecule has 0 spiro atoms. The summed E-state index contributed by atoms with van der Waals surface area (Å²) in [4.78, 5) is 3.34. The Balaban J connectivity index is 1.77. The fraction of sp³-hybridized carbons (Fsp3) is 0.385. The van der Waals surface area contributed by atoms with Gasteiger partial charge in [0.2, 0.25) is 0 Å². The van der Waals surface area contributed by atoms with Gasteiger partial charge >= 0.3 is 0 Å². The molecule has 1 saturated carbocycles. The SMILES string of the molecule is Brc1cccc2c(CCNC3CC3)c[nH]c12. The monoisotopic (exact) mass is 278 g/mol. The number of aromatic nitrogens is 1. The summed E-state index contributed by atoms with van der Waals surface area (Å²) in [5, 5.41) is 4.89. The summed E-state index contributed by atoms with van der Waals surface area (Å²) in [6.07, 6.45) is 5.95. The molecule has 0 aliphatic heterocycles. The van der Waals surface area contributed by atoms with Gasteiger partial charge < -0.3 is 10.3 Å². The molecule has 16 heavy (non-hydrogen) atoms. The molecule has 0 atom stereocenters. The number of nitrogens with one attached hydrogen (secondary N) is 2. The predicted octanol–water partition coefficient (Wildman–Crippen LogP) is 3.22. The van der Waals surface area contributed by atoms with Gasteiger partial charge in [0.25, 0.3) is 0 Å². The maximum Gasteiger partial charge on any atom is 0.0601 e. The first-order valence-electron chi connectivity index (χ1n) is 5.82. The molecule has 2 aromatic rings. The molecular formula is C13H15BrN2. The molecule has 0 radical (unpaired) electrons. The first-order valence-corrected chi connectivity index (χ1v) is 6.62. The Morgan fingerprint density at radius 3 is 3.06 bits per heavy atom. The third-order valence-electron chi connectivity index (χ3n) is 3.16. The summed E-state index contributed by atoms with van der Waals surface area (Å²) >= 11 is 3.56. The standard InChI is InChI=1S/C13H15BrN2/c14-12-3-1-2-11-9(8-16-13(11)12)6-7-15-10-4-5-10/h1-3,8,10,15-16H,4-7H2. The molecule has 3 heteroatoms. The Kier molecular flexibility index (Phi) is 2.74. The van der Waals surface area contributed by atoms with Gasteiger partial charge in [-0.3, -0.25) is 0 Å². The van der Waals surface area contributed by atoms with Crippen LogP contribution < -0.4 is 5.32 Å². The fourth-order valence-corrected chi connectivity index (χ4v) is 2.56. The molecule has 1 aromatic heterocycles. The van der Waals surface area contributed by atoms with Gasteiger partial charge in [0, 0.05) is 22.1 Å². The Morgan fingerprint density at radius 2 is 2.25 bits per heavy atom. The first kappa shape index (κ1) is 10.4. The van der Waals surface area contributed by atoms with E-state index >= 15 is 0 Å². The molecule has 1 heterocycles. The number of hydrogen-bond donors (Lipinski definition) is 2. The quantitative estimate of drug-likeness (QED) is 0.883. The largest absolute Gasteiger partial charge is 0.360 e. The van der Waals surface area contributed by atoms with Crippen molar-refractivity contribution in [1.29, 1.82) is 0 Å². The van der Waals surface area contributed by atoms with Crippen LogP contribution in [0.15, 0.2) is 28.9 Å². The second-order valence-corrected chi connectivity index (χ2v) is 5.31. The zero-order valence-electron chi connectivity index (χ0n) is 9.09. The normalized spacial score (nSPS) is 15.8. The molecule has 0 unspecified atom stereocenters. The first-order chi connectivity index (χ1) is 7.84. The summed E-state index contributed by atoms with van der Waals surface area (Å²) in [6.45, 7) is 1.09. The minimum Gasteiger partial charge on any atom is -0.360 e. The Labute approximate surface area is 104 Å². The van der Waals surface area contributed by atoms with Gasteiger partial charge in [-0.15, -0.1) is 0 Å². The number of hydrogen-bond acceptors (Lipinski definition) is 1. The Morgan fingerprint density at radius 1 is 1.38 bits per heavy atom. The zero-order chi connectivity index (χ0) is 11.0. The third kappa shape index (κ3) is 2.02. The predicted molar refractivity (Wildman–Crippen MR) is 70.7 cm³/mol. The lowest BCUT2D eigenvalue weighted by molar-refractivity contribution is 0.683. The maximum absolute atomic E-state index is 3.56. The molecule has 3 rings (SSSR count). The van der Waals surface area contributed by atoms with E-state index < -0.39 is 0 Å². The van der Waals surface area contributed by atoms with Crippen molar-refractivity contribution in [3.8, 4) is 0 Å². The average Bonchev–Trinajstić information content (AvgIpc) is 3.00. The van der Waals surface area contributed by atoms with Crippen molar-refractivity contribution in [2.75, 3.05) is 6.54 Å². The molecule has 1 aromatic carbocycles. The molecule has 2 nitrogen and oxygen atoms in total. The minimum absolute atomic E-state index is 0.803. The van der Waals surface area contributed by atoms with E-state index in [1.54, 1.807) is 0 Å². The van der Waals surface area contributed by atoms with Crippen molar-refractivity contribution in [3.63, 3.8) is 0 Å². The Bertz CT molecular complexity index is 500. The van der Waals surface area contributed by atoms with Crippen molar-refractivity contribution < 1.29 is 0 Å². The molecule has 84 valence electrons. The second-order valence-electron chi connectivity index (χ2n) is 4.45. The molecule has 1 aliphatic carbocycles. The van der Waals surface area contributed by atoms with Crippen molar-refractivity contribution in [2.24, 2.45) is 0 Å². The van der Waals surface area contributed by atoms with Gasteiger partial charge in [-0.05, 0) is 53.4 Å². The van der Waals surface area contributed by atoms with Gasteiger partial charge in [0.15, 0.2) is 0 Å². The van der Waals surface area contributed by atoms with Gasteiger partial charge in [-0.2, -0.15) is 0 Å². The van der Waals surface area contributed by atoms with Crippen molar-refractivity contribution in [1.82, 2.24) is 10.3 Å². The zero-order valence-corrected chi connectivity index (χ0v) is 10.7. The van der Waals surface area contributed by atoms with E-state index in [-0.39, 0.29) is 0 Å². The topological polar surface area (TPSA) is 27.8 Å². The van der Waals surface area contributed by atoms with E-state index in [1.165, 1.54) is 29.3 Å². The van der Waals surface area contributed by atoms with Crippen LogP contribution >= 0.6 is 15.9 Å². The number of rotatable bonds is 4. The van der Waals surface area contributed by atoms with E-state index in [1.807, 2.05) is 0 Å². The van der Waals surface area contributed by atoms with Crippen molar-refractivity contribution in [2.45, 2.75) is 25.3 Å². The van der Waals surface area contributed by atoms with Crippen LogP contribution in [-0.2, 0) is 6.42 Å². The van der Waals surface area contributed by atoms with Gasteiger partial charge in [0.1, 0.15) is 0 Å². The summed E-state index contributed by atoms with van der Waals surface area (Å²) in [7, 11) is 0. The number of halogens is 1. The summed E-state index contributed by atoms with van der Waals surface area (Å²) in [5.41, 5.74) is 2.62. The van der Waals surface area contributed by atoms with Crippen LogP contribution in [0.2, 0.25) is 0 Å².